The predicted molar refractivity (Wildman–Crippen MR) is 91.7 cm³/mol. The van der Waals surface area contributed by atoms with Gasteiger partial charge >= 0.3 is 0 Å². The molecule has 124 valence electrons. The fourth-order valence-electron chi connectivity index (χ4n) is 2.11. The lowest BCUT2D eigenvalue weighted by molar-refractivity contribution is -0.137. The molecule has 1 aromatic heterocycles. The van der Waals surface area contributed by atoms with E-state index >= 15 is 0 Å². The van der Waals surface area contributed by atoms with E-state index in [0.29, 0.717) is 0 Å². The summed E-state index contributed by atoms with van der Waals surface area (Å²) in [6, 6.07) is 7.50. The molecule has 5 nitrogen and oxygen atoms in total. The second-order valence-corrected chi connectivity index (χ2v) is 6.98. The van der Waals surface area contributed by atoms with Gasteiger partial charge < -0.3 is 15.2 Å². The molecule has 0 saturated heterocycles. The number of thiazole rings is 1. The summed E-state index contributed by atoms with van der Waals surface area (Å²) in [5, 5.41) is 13.5. The van der Waals surface area contributed by atoms with E-state index in [0.717, 1.165) is 26.9 Å². The maximum Gasteiger partial charge on any atom is 0.251 e. The molecular formula is C17H22N2O3S. The molecule has 0 fully saturated rings. The SMILES string of the molecule is COc1ccc(-c2nc(C)c(C(C)NC(=O)C(C)(C)O)s2)cc1. The predicted octanol–water partition coefficient (Wildman–Crippen LogP) is 3.08. The van der Waals surface area contributed by atoms with Gasteiger partial charge in [-0.25, -0.2) is 4.98 Å². The molecule has 0 aliphatic carbocycles. The number of carbonyl (C=O) groups excluding carboxylic acids is 1. The first-order valence-corrected chi connectivity index (χ1v) is 8.19. The van der Waals surface area contributed by atoms with E-state index in [1.807, 2.05) is 38.1 Å². The Balaban J connectivity index is 2.21. The molecule has 1 amide bonds. The number of ether oxygens (including phenoxy) is 1. The normalized spacial score (nSPS) is 12.8. The third-order valence-corrected chi connectivity index (χ3v) is 4.86. The molecule has 2 N–H and O–H groups in total. The number of rotatable bonds is 5. The zero-order valence-corrected chi connectivity index (χ0v) is 14.8. The zero-order chi connectivity index (χ0) is 17.2. The van der Waals surface area contributed by atoms with Crippen molar-refractivity contribution in [3.05, 3.63) is 34.8 Å². The number of amides is 1. The summed E-state index contributed by atoms with van der Waals surface area (Å²) in [7, 11) is 1.63. The molecular weight excluding hydrogens is 312 g/mol. The Labute approximate surface area is 140 Å². The van der Waals surface area contributed by atoms with Crippen molar-refractivity contribution >= 4 is 17.2 Å². The molecule has 1 heterocycles. The van der Waals surface area contributed by atoms with Crippen molar-refractivity contribution in [1.29, 1.82) is 0 Å². The van der Waals surface area contributed by atoms with Crippen molar-refractivity contribution in [3.63, 3.8) is 0 Å². The van der Waals surface area contributed by atoms with E-state index in [4.69, 9.17) is 4.74 Å². The Morgan fingerprint density at radius 1 is 1.35 bits per heavy atom. The molecule has 1 aromatic carbocycles. The zero-order valence-electron chi connectivity index (χ0n) is 14.0. The van der Waals surface area contributed by atoms with Crippen molar-refractivity contribution in [2.75, 3.05) is 7.11 Å². The quantitative estimate of drug-likeness (QED) is 0.881. The van der Waals surface area contributed by atoms with E-state index in [2.05, 4.69) is 10.3 Å². The van der Waals surface area contributed by atoms with Crippen LogP contribution in [-0.2, 0) is 4.79 Å². The average molecular weight is 334 g/mol. The number of nitrogens with one attached hydrogen (secondary N) is 1. The molecule has 2 rings (SSSR count). The number of benzene rings is 1. The van der Waals surface area contributed by atoms with E-state index in [1.54, 1.807) is 7.11 Å². The topological polar surface area (TPSA) is 71.5 Å². The van der Waals surface area contributed by atoms with Crippen LogP contribution < -0.4 is 10.1 Å². The van der Waals surface area contributed by atoms with Crippen LogP contribution >= 0.6 is 11.3 Å². The first-order valence-electron chi connectivity index (χ1n) is 7.37. The molecule has 23 heavy (non-hydrogen) atoms. The highest BCUT2D eigenvalue weighted by molar-refractivity contribution is 7.15. The van der Waals surface area contributed by atoms with Crippen LogP contribution in [0.4, 0.5) is 0 Å². The van der Waals surface area contributed by atoms with Gasteiger partial charge in [-0.05, 0) is 52.0 Å². The smallest absolute Gasteiger partial charge is 0.251 e. The highest BCUT2D eigenvalue weighted by atomic mass is 32.1. The average Bonchev–Trinajstić information content (AvgIpc) is 2.88. The van der Waals surface area contributed by atoms with Crippen LogP contribution in [0, 0.1) is 6.92 Å². The maximum absolute atomic E-state index is 11.9. The van der Waals surface area contributed by atoms with Gasteiger partial charge in [0.2, 0.25) is 0 Å². The number of carbonyl (C=O) groups is 1. The number of hydrogen-bond donors (Lipinski definition) is 2. The van der Waals surface area contributed by atoms with Gasteiger partial charge in [-0.3, -0.25) is 4.79 Å². The Morgan fingerprint density at radius 2 is 1.96 bits per heavy atom. The second-order valence-electron chi connectivity index (χ2n) is 5.95. The lowest BCUT2D eigenvalue weighted by Gasteiger charge is -2.20. The number of aliphatic hydroxyl groups is 1. The van der Waals surface area contributed by atoms with Crippen molar-refractivity contribution in [1.82, 2.24) is 10.3 Å². The lowest BCUT2D eigenvalue weighted by Crippen LogP contribution is -2.42. The second kappa shape index (κ2) is 6.68. The largest absolute Gasteiger partial charge is 0.497 e. The van der Waals surface area contributed by atoms with E-state index < -0.39 is 11.5 Å². The fraction of sp³-hybridized carbons (Fsp3) is 0.412. The third-order valence-electron chi connectivity index (χ3n) is 3.47. The minimum atomic E-state index is -1.40. The summed E-state index contributed by atoms with van der Waals surface area (Å²) in [5.74, 6) is 0.400. The third kappa shape index (κ3) is 4.09. The van der Waals surface area contributed by atoms with Crippen LogP contribution in [0.25, 0.3) is 10.6 Å². The van der Waals surface area contributed by atoms with Gasteiger partial charge in [-0.15, -0.1) is 11.3 Å². The molecule has 0 aliphatic heterocycles. The number of methoxy groups -OCH3 is 1. The number of nitrogens with zero attached hydrogens (tertiary/aromatic N) is 1. The summed E-state index contributed by atoms with van der Waals surface area (Å²) in [4.78, 5) is 17.5. The van der Waals surface area contributed by atoms with Crippen LogP contribution in [0.5, 0.6) is 5.75 Å². The summed E-state index contributed by atoms with van der Waals surface area (Å²) < 4.78 is 5.16. The monoisotopic (exact) mass is 334 g/mol. The van der Waals surface area contributed by atoms with Crippen LogP contribution in [-0.4, -0.2) is 28.7 Å². The van der Waals surface area contributed by atoms with Gasteiger partial charge in [0.05, 0.1) is 23.7 Å². The van der Waals surface area contributed by atoms with Crippen molar-refractivity contribution < 1.29 is 14.6 Å². The molecule has 0 aliphatic rings. The van der Waals surface area contributed by atoms with E-state index in [-0.39, 0.29) is 6.04 Å². The minimum absolute atomic E-state index is 0.210. The van der Waals surface area contributed by atoms with Gasteiger partial charge in [-0.2, -0.15) is 0 Å². The van der Waals surface area contributed by atoms with Crippen molar-refractivity contribution in [3.8, 4) is 16.3 Å². The summed E-state index contributed by atoms with van der Waals surface area (Å²) in [6.07, 6.45) is 0. The molecule has 0 bridgehead atoms. The maximum atomic E-state index is 11.9. The van der Waals surface area contributed by atoms with Gasteiger partial charge in [-0.1, -0.05) is 0 Å². The van der Waals surface area contributed by atoms with E-state index in [1.165, 1.54) is 25.2 Å². The first kappa shape index (κ1) is 17.4. The molecule has 0 spiro atoms. The summed E-state index contributed by atoms with van der Waals surface area (Å²) in [6.45, 7) is 6.75. The minimum Gasteiger partial charge on any atom is -0.497 e. The number of hydrogen-bond acceptors (Lipinski definition) is 5. The lowest BCUT2D eigenvalue weighted by atomic mass is 10.1. The van der Waals surface area contributed by atoms with Gasteiger partial charge in [0.25, 0.3) is 5.91 Å². The Morgan fingerprint density at radius 3 is 2.48 bits per heavy atom. The van der Waals surface area contributed by atoms with Gasteiger partial charge in [0.1, 0.15) is 16.4 Å². The molecule has 1 atom stereocenters. The first-order chi connectivity index (χ1) is 10.7. The van der Waals surface area contributed by atoms with Crippen LogP contribution in [0.1, 0.15) is 37.4 Å². The van der Waals surface area contributed by atoms with Crippen LogP contribution in [0.3, 0.4) is 0 Å². The van der Waals surface area contributed by atoms with Crippen LogP contribution in [0.2, 0.25) is 0 Å². The molecule has 6 heteroatoms. The Hall–Kier alpha value is -1.92. The fourth-order valence-corrected chi connectivity index (χ4v) is 3.18. The standard InChI is InChI=1S/C17H22N2O3S/c1-10-14(11(2)19-16(20)17(3,4)21)23-15(18-10)12-6-8-13(22-5)9-7-12/h6-9,11,21H,1-5H3,(H,19,20). The van der Waals surface area contributed by atoms with Crippen LogP contribution in [0.15, 0.2) is 24.3 Å². The number of aryl methyl sites for hydroxylation is 1. The molecule has 0 saturated carbocycles. The van der Waals surface area contributed by atoms with Gasteiger partial charge in [0.15, 0.2) is 0 Å². The van der Waals surface area contributed by atoms with Crippen molar-refractivity contribution in [2.24, 2.45) is 0 Å². The summed E-state index contributed by atoms with van der Waals surface area (Å²) in [5.41, 5.74) is 0.488. The summed E-state index contributed by atoms with van der Waals surface area (Å²) >= 11 is 1.54. The Kier molecular flexibility index (Phi) is 5.06. The highest BCUT2D eigenvalue weighted by Gasteiger charge is 2.26. The Bertz CT molecular complexity index is 687. The molecule has 0 radical (unpaired) electrons. The molecule has 1 unspecified atom stereocenters. The van der Waals surface area contributed by atoms with Gasteiger partial charge in [0, 0.05) is 5.56 Å². The number of aromatic nitrogens is 1. The highest BCUT2D eigenvalue weighted by Crippen LogP contribution is 2.32. The van der Waals surface area contributed by atoms with E-state index in [9.17, 15) is 9.90 Å². The van der Waals surface area contributed by atoms with Crippen molar-refractivity contribution in [2.45, 2.75) is 39.3 Å². The molecule has 2 aromatic rings.